The number of urea groups is 1. The highest BCUT2D eigenvalue weighted by Gasteiger charge is 2.34. The van der Waals surface area contributed by atoms with Crippen molar-refractivity contribution in [3.8, 4) is 17.2 Å². The molecule has 0 aromatic heterocycles. The van der Waals surface area contributed by atoms with Crippen molar-refractivity contribution < 1.29 is 14.3 Å². The van der Waals surface area contributed by atoms with E-state index in [1.807, 2.05) is 23.1 Å². The lowest BCUT2D eigenvalue weighted by atomic mass is 10.1. The third-order valence-corrected chi connectivity index (χ3v) is 6.17. The number of carbonyl (C=O) groups is 1. The summed E-state index contributed by atoms with van der Waals surface area (Å²) in [6.07, 6.45) is 0. The second kappa shape index (κ2) is 8.45. The van der Waals surface area contributed by atoms with E-state index in [2.05, 4.69) is 11.0 Å². The number of methoxy groups -OCH3 is 1. The van der Waals surface area contributed by atoms with Gasteiger partial charge in [0.2, 0.25) is 0 Å². The number of hydrogen-bond acceptors (Lipinski definition) is 4. The van der Waals surface area contributed by atoms with Crippen LogP contribution in [0.25, 0.3) is 0 Å². The fraction of sp³-hybridized carbons (Fsp3) is 0.208. The van der Waals surface area contributed by atoms with Crippen molar-refractivity contribution in [1.82, 2.24) is 4.90 Å². The zero-order chi connectivity index (χ0) is 22.2. The molecule has 164 valence electrons. The molecule has 2 aliphatic heterocycles. The number of fused-ring (bicyclic) bond motifs is 2. The maximum Gasteiger partial charge on any atom is 0.329 e. The largest absolute Gasteiger partial charge is 0.497 e. The molecule has 0 unspecified atom stereocenters. The van der Waals surface area contributed by atoms with Crippen LogP contribution in [0.1, 0.15) is 0 Å². The van der Waals surface area contributed by atoms with Crippen molar-refractivity contribution in [1.29, 1.82) is 0 Å². The summed E-state index contributed by atoms with van der Waals surface area (Å²) in [5, 5.41) is 1.05. The fourth-order valence-corrected chi connectivity index (χ4v) is 4.39. The minimum absolute atomic E-state index is 0.134. The van der Waals surface area contributed by atoms with Gasteiger partial charge in [-0.2, -0.15) is 0 Å². The van der Waals surface area contributed by atoms with E-state index in [0.29, 0.717) is 59.1 Å². The topological polar surface area (TPSA) is 45.2 Å². The fourth-order valence-electron chi connectivity index (χ4n) is 4.06. The smallest absolute Gasteiger partial charge is 0.329 e. The summed E-state index contributed by atoms with van der Waals surface area (Å²) in [6, 6.07) is 18.4. The summed E-state index contributed by atoms with van der Waals surface area (Å²) in [5.74, 6) is 1.97. The van der Waals surface area contributed by atoms with Crippen molar-refractivity contribution in [3.05, 3.63) is 70.7 Å². The highest BCUT2D eigenvalue weighted by atomic mass is 35.5. The van der Waals surface area contributed by atoms with Crippen LogP contribution in [0.5, 0.6) is 17.2 Å². The number of ether oxygens (including phenoxy) is 2. The summed E-state index contributed by atoms with van der Waals surface area (Å²) in [4.78, 5) is 19.5. The number of rotatable bonds is 2. The lowest BCUT2D eigenvalue weighted by molar-refractivity contribution is 0.203. The van der Waals surface area contributed by atoms with Gasteiger partial charge in [-0.1, -0.05) is 29.3 Å². The molecule has 2 heterocycles. The first-order chi connectivity index (χ1) is 15.5. The molecule has 5 rings (SSSR count). The normalized spacial score (nSPS) is 15.0. The van der Waals surface area contributed by atoms with E-state index < -0.39 is 0 Å². The molecule has 32 heavy (non-hydrogen) atoms. The summed E-state index contributed by atoms with van der Waals surface area (Å²) in [6.45, 7) is 2.60. The lowest BCUT2D eigenvalue weighted by Crippen LogP contribution is -2.52. The second-order valence-electron chi connectivity index (χ2n) is 7.62. The van der Waals surface area contributed by atoms with E-state index in [1.54, 1.807) is 48.4 Å². The van der Waals surface area contributed by atoms with Gasteiger partial charge in [0.15, 0.2) is 11.5 Å². The Bertz CT molecular complexity index is 1130. The van der Waals surface area contributed by atoms with E-state index >= 15 is 0 Å². The molecule has 6 nitrogen and oxygen atoms in total. The van der Waals surface area contributed by atoms with E-state index in [4.69, 9.17) is 32.7 Å². The Hall–Kier alpha value is -3.09. The van der Waals surface area contributed by atoms with Crippen LogP contribution < -0.4 is 19.3 Å². The first-order valence-corrected chi connectivity index (χ1v) is 11.0. The van der Waals surface area contributed by atoms with Gasteiger partial charge in [0.05, 0.1) is 18.5 Å². The predicted molar refractivity (Wildman–Crippen MR) is 127 cm³/mol. The standard InChI is InChI=1S/C24H21Cl2N3O3/c1-31-19-4-2-3-18(15-19)27-9-11-28(12-10-27)24(30)29-20-13-16(25)5-7-22(20)32-23-8-6-17(26)14-21(23)29/h2-8,13-15H,9-12H2,1H3. The molecule has 3 aromatic carbocycles. The molecule has 8 heteroatoms. The van der Waals surface area contributed by atoms with Crippen LogP contribution in [0.4, 0.5) is 21.9 Å². The van der Waals surface area contributed by atoms with Crippen LogP contribution in [0.3, 0.4) is 0 Å². The Kier molecular flexibility index (Phi) is 5.49. The van der Waals surface area contributed by atoms with Crippen molar-refractivity contribution in [2.24, 2.45) is 0 Å². The second-order valence-corrected chi connectivity index (χ2v) is 8.49. The minimum Gasteiger partial charge on any atom is -0.497 e. The molecule has 3 aromatic rings. The van der Waals surface area contributed by atoms with Crippen molar-refractivity contribution in [3.63, 3.8) is 0 Å². The average molecular weight is 470 g/mol. The molecule has 0 radical (unpaired) electrons. The lowest BCUT2D eigenvalue weighted by Gasteiger charge is -2.40. The van der Waals surface area contributed by atoms with Gasteiger partial charge >= 0.3 is 6.03 Å². The first kappa shape index (κ1) is 20.8. The molecule has 2 amide bonds. The van der Waals surface area contributed by atoms with Crippen LogP contribution in [-0.4, -0.2) is 44.2 Å². The average Bonchev–Trinajstić information content (AvgIpc) is 2.82. The molecule has 0 spiro atoms. The zero-order valence-electron chi connectivity index (χ0n) is 17.4. The summed E-state index contributed by atoms with van der Waals surface area (Å²) in [5.41, 5.74) is 2.29. The van der Waals surface area contributed by atoms with Crippen LogP contribution in [0, 0.1) is 0 Å². The maximum atomic E-state index is 13.7. The van der Waals surface area contributed by atoms with Crippen molar-refractivity contribution >= 4 is 46.3 Å². The predicted octanol–water partition coefficient (Wildman–Crippen LogP) is 6.19. The third kappa shape index (κ3) is 3.80. The Balaban J connectivity index is 1.41. The van der Waals surface area contributed by atoms with Crippen molar-refractivity contribution in [2.45, 2.75) is 0 Å². The van der Waals surface area contributed by atoms with Gasteiger partial charge in [-0.3, -0.25) is 4.90 Å². The van der Waals surface area contributed by atoms with Gasteiger partial charge in [-0.25, -0.2) is 4.79 Å². The minimum atomic E-state index is -0.134. The zero-order valence-corrected chi connectivity index (χ0v) is 18.9. The molecule has 0 atom stereocenters. The summed E-state index contributed by atoms with van der Waals surface area (Å²) < 4.78 is 11.3. The summed E-state index contributed by atoms with van der Waals surface area (Å²) >= 11 is 12.5. The first-order valence-electron chi connectivity index (χ1n) is 10.3. The Morgan fingerprint density at radius 2 is 1.50 bits per heavy atom. The molecule has 0 bridgehead atoms. The highest BCUT2D eigenvalue weighted by molar-refractivity contribution is 6.31. The van der Waals surface area contributed by atoms with E-state index in [9.17, 15) is 4.79 Å². The molecule has 1 saturated heterocycles. The van der Waals surface area contributed by atoms with Gasteiger partial charge in [-0.15, -0.1) is 0 Å². The quantitative estimate of drug-likeness (QED) is 0.448. The number of carbonyl (C=O) groups excluding carboxylic acids is 1. The molecule has 2 aliphatic rings. The number of anilines is 3. The van der Waals surface area contributed by atoms with E-state index in [-0.39, 0.29) is 6.03 Å². The molecule has 0 aliphatic carbocycles. The SMILES string of the molecule is COc1cccc(N2CCN(C(=O)N3c4cc(Cl)ccc4Oc4ccc(Cl)cc43)CC2)c1. The molecular formula is C24H21Cl2N3O3. The maximum absolute atomic E-state index is 13.7. The van der Waals surface area contributed by atoms with E-state index in [0.717, 1.165) is 11.4 Å². The van der Waals surface area contributed by atoms with Crippen LogP contribution in [-0.2, 0) is 0 Å². The number of halogens is 2. The van der Waals surface area contributed by atoms with Crippen LogP contribution in [0.15, 0.2) is 60.7 Å². The number of benzene rings is 3. The third-order valence-electron chi connectivity index (χ3n) is 5.70. The van der Waals surface area contributed by atoms with Crippen LogP contribution >= 0.6 is 23.2 Å². The number of amides is 2. The Morgan fingerprint density at radius 1 is 0.875 bits per heavy atom. The number of hydrogen-bond donors (Lipinski definition) is 0. The number of nitrogens with zero attached hydrogens (tertiary/aromatic N) is 3. The summed E-state index contributed by atoms with van der Waals surface area (Å²) in [7, 11) is 1.66. The van der Waals surface area contributed by atoms with E-state index in [1.165, 1.54) is 0 Å². The Labute approximate surface area is 196 Å². The van der Waals surface area contributed by atoms with Crippen LogP contribution in [0.2, 0.25) is 10.0 Å². The highest BCUT2D eigenvalue weighted by Crippen LogP contribution is 2.48. The monoisotopic (exact) mass is 469 g/mol. The molecule has 1 fully saturated rings. The molecular weight excluding hydrogens is 449 g/mol. The van der Waals surface area contributed by atoms with Gasteiger partial charge < -0.3 is 19.3 Å². The van der Waals surface area contributed by atoms with Gasteiger partial charge in [0.1, 0.15) is 5.75 Å². The number of piperazine rings is 1. The molecule has 0 saturated carbocycles. The molecule has 0 N–H and O–H groups in total. The van der Waals surface area contributed by atoms with Crippen molar-refractivity contribution in [2.75, 3.05) is 43.1 Å². The van der Waals surface area contributed by atoms with Gasteiger partial charge in [-0.05, 0) is 48.5 Å². The van der Waals surface area contributed by atoms with Gasteiger partial charge in [0, 0.05) is 48.0 Å². The van der Waals surface area contributed by atoms with Gasteiger partial charge in [0.25, 0.3) is 0 Å². The Morgan fingerprint density at radius 3 is 2.09 bits per heavy atom.